The van der Waals surface area contributed by atoms with Gasteiger partial charge in [-0.3, -0.25) is 0 Å². The lowest BCUT2D eigenvalue weighted by atomic mass is 9.98. The summed E-state index contributed by atoms with van der Waals surface area (Å²) in [6, 6.07) is 1.75. The van der Waals surface area contributed by atoms with Gasteiger partial charge in [0.25, 0.3) is 0 Å². The first kappa shape index (κ1) is 10.9. The van der Waals surface area contributed by atoms with Crippen molar-refractivity contribution in [2.75, 3.05) is 7.11 Å². The van der Waals surface area contributed by atoms with Crippen molar-refractivity contribution >= 4 is 15.9 Å². The number of methoxy groups -OCH3 is 1. The van der Waals surface area contributed by atoms with E-state index in [1.807, 2.05) is 0 Å². The Bertz CT molecular complexity index is 358. The Morgan fingerprint density at radius 2 is 2.33 bits per heavy atom. The third kappa shape index (κ3) is 2.00. The molecule has 1 aromatic rings. The van der Waals surface area contributed by atoms with Gasteiger partial charge in [-0.1, -0.05) is 22.4 Å². The van der Waals surface area contributed by atoms with Crippen LogP contribution in [0.5, 0.6) is 5.88 Å². The van der Waals surface area contributed by atoms with Gasteiger partial charge in [-0.25, -0.2) is 9.37 Å². The summed E-state index contributed by atoms with van der Waals surface area (Å²) in [6.45, 7) is 0. The summed E-state index contributed by atoms with van der Waals surface area (Å²) in [5.74, 6) is 0.0392. The Kier molecular flexibility index (Phi) is 3.24. The second kappa shape index (κ2) is 4.47. The molecule has 0 saturated heterocycles. The Morgan fingerprint density at radius 3 is 2.93 bits per heavy atom. The minimum Gasteiger partial charge on any atom is -0.479 e. The van der Waals surface area contributed by atoms with Gasteiger partial charge in [0, 0.05) is 11.0 Å². The Morgan fingerprint density at radius 1 is 1.53 bits per heavy atom. The molecule has 0 radical (unpaired) electrons. The van der Waals surface area contributed by atoms with Crippen LogP contribution in [0.1, 0.15) is 30.7 Å². The lowest BCUT2D eigenvalue weighted by molar-refractivity contribution is 0.365. The molecule has 4 heteroatoms. The third-order valence-electron chi connectivity index (χ3n) is 2.91. The van der Waals surface area contributed by atoms with E-state index in [1.54, 1.807) is 12.3 Å². The van der Waals surface area contributed by atoms with Crippen LogP contribution < -0.4 is 4.74 Å². The maximum absolute atomic E-state index is 13.9. The molecule has 1 heterocycles. The number of alkyl halides is 1. The molecule has 1 aliphatic rings. The summed E-state index contributed by atoms with van der Waals surface area (Å²) in [4.78, 5) is 4.22. The minimum absolute atomic E-state index is 0.0964. The fourth-order valence-corrected chi connectivity index (χ4v) is 3.01. The fraction of sp³-hybridized carbons (Fsp3) is 0.545. The van der Waals surface area contributed by atoms with Crippen molar-refractivity contribution in [1.29, 1.82) is 0 Å². The second-order valence-electron chi connectivity index (χ2n) is 3.78. The number of pyridine rings is 1. The zero-order valence-electron chi connectivity index (χ0n) is 8.54. The van der Waals surface area contributed by atoms with E-state index in [0.29, 0.717) is 4.83 Å². The minimum atomic E-state index is -0.309. The van der Waals surface area contributed by atoms with Gasteiger partial charge < -0.3 is 4.74 Å². The summed E-state index contributed by atoms with van der Waals surface area (Å²) in [5.41, 5.74) is 0.723. The molecule has 82 valence electrons. The summed E-state index contributed by atoms with van der Waals surface area (Å²) in [7, 11) is 1.44. The van der Waals surface area contributed by atoms with E-state index in [0.717, 1.165) is 24.8 Å². The first-order chi connectivity index (χ1) is 7.24. The quantitative estimate of drug-likeness (QED) is 0.772. The van der Waals surface area contributed by atoms with Crippen LogP contribution in [0.4, 0.5) is 4.39 Å². The molecule has 2 unspecified atom stereocenters. The second-order valence-corrected chi connectivity index (χ2v) is 4.95. The van der Waals surface area contributed by atoms with Crippen LogP contribution in [-0.2, 0) is 0 Å². The van der Waals surface area contributed by atoms with Gasteiger partial charge in [-0.15, -0.1) is 0 Å². The van der Waals surface area contributed by atoms with Gasteiger partial charge in [-0.05, 0) is 30.4 Å². The number of nitrogens with zero attached hydrogens (tertiary/aromatic N) is 1. The van der Waals surface area contributed by atoms with Crippen LogP contribution in [-0.4, -0.2) is 16.9 Å². The Hall–Kier alpha value is -0.640. The highest BCUT2D eigenvalue weighted by Gasteiger charge is 2.29. The van der Waals surface area contributed by atoms with E-state index >= 15 is 0 Å². The number of halogens is 2. The molecule has 0 bridgehead atoms. The van der Waals surface area contributed by atoms with Crippen molar-refractivity contribution in [2.24, 2.45) is 0 Å². The molecule has 1 aromatic heterocycles. The third-order valence-corrected chi connectivity index (χ3v) is 4.01. The predicted molar refractivity (Wildman–Crippen MR) is 60.1 cm³/mol. The van der Waals surface area contributed by atoms with Gasteiger partial charge in [-0.2, -0.15) is 0 Å². The molecule has 1 fully saturated rings. The Balaban J connectivity index is 2.35. The molecule has 1 aliphatic carbocycles. The first-order valence-electron chi connectivity index (χ1n) is 5.06. The van der Waals surface area contributed by atoms with Crippen molar-refractivity contribution in [3.63, 3.8) is 0 Å². The molecule has 0 spiro atoms. The van der Waals surface area contributed by atoms with Gasteiger partial charge in [0.2, 0.25) is 5.88 Å². The average Bonchev–Trinajstić information content (AvgIpc) is 2.65. The highest BCUT2D eigenvalue weighted by atomic mass is 79.9. The highest BCUT2D eigenvalue weighted by Crippen LogP contribution is 2.40. The maximum atomic E-state index is 13.9. The molecular weight excluding hydrogens is 261 g/mol. The summed E-state index contributed by atoms with van der Waals surface area (Å²) in [5, 5.41) is 0. The van der Waals surface area contributed by atoms with Crippen molar-refractivity contribution in [2.45, 2.75) is 30.0 Å². The summed E-state index contributed by atoms with van der Waals surface area (Å²) in [6.07, 6.45) is 4.88. The largest absolute Gasteiger partial charge is 0.479 e. The molecule has 0 N–H and O–H groups in total. The van der Waals surface area contributed by atoms with Crippen LogP contribution in [0.2, 0.25) is 0 Å². The SMILES string of the molecule is COc1nccc(C2CCCC2Br)c1F. The van der Waals surface area contributed by atoms with E-state index in [-0.39, 0.29) is 17.6 Å². The van der Waals surface area contributed by atoms with Crippen molar-refractivity contribution in [3.8, 4) is 5.88 Å². The molecule has 0 aromatic carbocycles. The number of aromatic nitrogens is 1. The summed E-state index contributed by atoms with van der Waals surface area (Å²) >= 11 is 3.59. The van der Waals surface area contributed by atoms with E-state index in [9.17, 15) is 4.39 Å². The first-order valence-corrected chi connectivity index (χ1v) is 5.98. The van der Waals surface area contributed by atoms with Crippen LogP contribution in [0.25, 0.3) is 0 Å². The van der Waals surface area contributed by atoms with Crippen LogP contribution in [0.3, 0.4) is 0 Å². The Labute approximate surface area is 97.0 Å². The van der Waals surface area contributed by atoms with Crippen molar-refractivity contribution in [3.05, 3.63) is 23.6 Å². The number of hydrogen-bond donors (Lipinski definition) is 0. The molecule has 1 saturated carbocycles. The van der Waals surface area contributed by atoms with Crippen LogP contribution >= 0.6 is 15.9 Å². The standard InChI is InChI=1S/C11H13BrFNO/c1-15-11-10(13)8(5-6-14-11)7-3-2-4-9(7)12/h5-7,9H,2-4H2,1H3. The monoisotopic (exact) mass is 273 g/mol. The van der Waals surface area contributed by atoms with E-state index in [4.69, 9.17) is 4.74 Å². The van der Waals surface area contributed by atoms with Crippen molar-refractivity contribution < 1.29 is 9.13 Å². The molecule has 2 atom stereocenters. The van der Waals surface area contributed by atoms with Gasteiger partial charge >= 0.3 is 0 Å². The van der Waals surface area contributed by atoms with Crippen molar-refractivity contribution in [1.82, 2.24) is 4.98 Å². The number of ether oxygens (including phenoxy) is 1. The van der Waals surface area contributed by atoms with Gasteiger partial charge in [0.05, 0.1) is 7.11 Å². The maximum Gasteiger partial charge on any atom is 0.250 e. The van der Waals surface area contributed by atoms with Gasteiger partial charge in [0.1, 0.15) is 0 Å². The molecule has 15 heavy (non-hydrogen) atoms. The summed E-state index contributed by atoms with van der Waals surface area (Å²) < 4.78 is 18.8. The zero-order valence-corrected chi connectivity index (χ0v) is 10.1. The highest BCUT2D eigenvalue weighted by molar-refractivity contribution is 9.09. The number of rotatable bonds is 2. The van der Waals surface area contributed by atoms with E-state index < -0.39 is 0 Å². The fourth-order valence-electron chi connectivity index (χ4n) is 2.13. The lowest BCUT2D eigenvalue weighted by Gasteiger charge is -2.15. The normalized spacial score (nSPS) is 25.5. The zero-order chi connectivity index (χ0) is 10.8. The molecule has 0 amide bonds. The van der Waals surface area contributed by atoms with Crippen LogP contribution in [0.15, 0.2) is 12.3 Å². The molecular formula is C11H13BrFNO. The molecule has 2 nitrogen and oxygen atoms in total. The average molecular weight is 274 g/mol. The van der Waals surface area contributed by atoms with Crippen LogP contribution in [0, 0.1) is 5.82 Å². The molecule has 2 rings (SSSR count). The number of hydrogen-bond acceptors (Lipinski definition) is 2. The van der Waals surface area contributed by atoms with Gasteiger partial charge in [0.15, 0.2) is 5.82 Å². The predicted octanol–water partition coefficient (Wildman–Crippen LogP) is 3.26. The lowest BCUT2D eigenvalue weighted by Crippen LogP contribution is -2.08. The topological polar surface area (TPSA) is 22.1 Å². The van der Waals surface area contributed by atoms with E-state index in [1.165, 1.54) is 7.11 Å². The molecule has 0 aliphatic heterocycles. The van der Waals surface area contributed by atoms with E-state index in [2.05, 4.69) is 20.9 Å². The smallest absolute Gasteiger partial charge is 0.250 e.